The first-order chi connectivity index (χ1) is 20.2. The number of carbonyl (C=O) groups is 3. The molecule has 0 aromatic heterocycles. The van der Waals surface area contributed by atoms with Crippen LogP contribution in [-0.2, 0) is 28.5 Å². The van der Waals surface area contributed by atoms with E-state index in [9.17, 15) is 22.8 Å². The third kappa shape index (κ3) is 6.67. The molecule has 0 radical (unpaired) electrons. The molecule has 0 unspecified atom stereocenters. The fourth-order valence-corrected chi connectivity index (χ4v) is 12.0. The van der Waals surface area contributed by atoms with Gasteiger partial charge in [0, 0.05) is 0 Å². The molecule has 0 amide bonds. The van der Waals surface area contributed by atoms with E-state index < -0.39 is 34.9 Å². The number of ether oxygens (including phenoxy) is 3. The SMILES string of the molecule is CC(=O)Oc1ccc(P(C)(OS(=O)(=O)c2ccc(C)cc2)(c2ccc(OC(C)=O)cc2)c2ccc(OC(C)=O)cc2)cc1. The first kappa shape index (κ1) is 31.6. The Balaban J connectivity index is 2.05. The Hall–Kier alpha value is -4.37. The predicted octanol–water partition coefficient (Wildman–Crippen LogP) is 4.55. The number of aryl methyl sites for hydroxylation is 1. The van der Waals surface area contributed by atoms with Crippen LogP contribution in [0.3, 0.4) is 0 Å². The molecule has 0 saturated heterocycles. The van der Waals surface area contributed by atoms with Crippen LogP contribution < -0.4 is 30.1 Å². The van der Waals surface area contributed by atoms with Gasteiger partial charge >= 0.3 is 251 Å². The van der Waals surface area contributed by atoms with E-state index in [0.29, 0.717) is 15.9 Å². The Kier molecular flexibility index (Phi) is 8.87. The second-order valence-corrected chi connectivity index (χ2v) is 16.5. The summed E-state index contributed by atoms with van der Waals surface area (Å²) < 4.78 is 50.5. The molecule has 9 nitrogen and oxygen atoms in total. The van der Waals surface area contributed by atoms with Crippen LogP contribution in [0.4, 0.5) is 0 Å². The molecule has 43 heavy (non-hydrogen) atoms. The maximum absolute atomic E-state index is 14.1. The van der Waals surface area contributed by atoms with Crippen molar-refractivity contribution in [3.05, 3.63) is 103 Å². The van der Waals surface area contributed by atoms with Crippen molar-refractivity contribution in [2.24, 2.45) is 0 Å². The van der Waals surface area contributed by atoms with Gasteiger partial charge in [0.1, 0.15) is 0 Å². The standard InChI is InChI=1S/C32H31O9PS/c1-22-6-20-32(21-7-22)43(36,37)41-42(5,29-14-8-26(9-15-29)38-23(2)33,30-16-10-27(11-17-30)39-24(3)34)31-18-12-28(13-19-31)40-25(4)35/h6-21H,1-5H3. The van der Waals surface area contributed by atoms with Gasteiger partial charge in [-0.1, -0.05) is 0 Å². The van der Waals surface area contributed by atoms with E-state index in [1.807, 2.05) is 6.92 Å². The molecule has 0 saturated carbocycles. The molecule has 0 N–H and O–H groups in total. The van der Waals surface area contributed by atoms with Gasteiger partial charge in [0.25, 0.3) is 0 Å². The second-order valence-electron chi connectivity index (χ2n) is 10.1. The first-order valence-corrected chi connectivity index (χ1v) is 17.1. The van der Waals surface area contributed by atoms with Gasteiger partial charge in [-0.05, 0) is 0 Å². The molecular formula is C32H31O9PS. The molecule has 0 fully saturated rings. The van der Waals surface area contributed by atoms with Crippen molar-refractivity contribution in [2.45, 2.75) is 32.6 Å². The fourth-order valence-electron chi connectivity index (χ4n) is 4.69. The Morgan fingerprint density at radius 1 is 0.535 bits per heavy atom. The van der Waals surface area contributed by atoms with E-state index in [2.05, 4.69) is 0 Å². The zero-order valence-electron chi connectivity index (χ0n) is 24.3. The van der Waals surface area contributed by atoms with Crippen molar-refractivity contribution in [3.63, 3.8) is 0 Å². The van der Waals surface area contributed by atoms with Crippen LogP contribution in [0.25, 0.3) is 0 Å². The molecule has 0 aliphatic heterocycles. The zero-order valence-corrected chi connectivity index (χ0v) is 26.0. The maximum atomic E-state index is 14.1. The Bertz CT molecular complexity index is 1620. The molecule has 0 heterocycles. The molecule has 4 aromatic carbocycles. The van der Waals surface area contributed by atoms with Crippen LogP contribution in [0.2, 0.25) is 0 Å². The van der Waals surface area contributed by atoms with Crippen molar-refractivity contribution in [1.82, 2.24) is 0 Å². The van der Waals surface area contributed by atoms with Crippen molar-refractivity contribution < 1.29 is 41.0 Å². The van der Waals surface area contributed by atoms with Crippen LogP contribution in [0.1, 0.15) is 26.3 Å². The fraction of sp³-hybridized carbons (Fsp3) is 0.156. The number of rotatable bonds is 9. The number of carbonyl (C=O) groups excluding carboxylic acids is 3. The van der Waals surface area contributed by atoms with E-state index in [1.165, 1.54) is 32.9 Å². The summed E-state index contributed by atoms with van der Waals surface area (Å²) in [6.45, 7) is 2.93. The molecule has 0 spiro atoms. The van der Waals surface area contributed by atoms with Crippen LogP contribution >= 0.6 is 6.83 Å². The van der Waals surface area contributed by atoms with Crippen molar-refractivity contribution in [1.29, 1.82) is 0 Å². The van der Waals surface area contributed by atoms with Crippen molar-refractivity contribution >= 4 is 50.8 Å². The number of hydrogen-bond acceptors (Lipinski definition) is 9. The minimum absolute atomic E-state index is 0.0430. The summed E-state index contributed by atoms with van der Waals surface area (Å²) in [7, 11) is -4.42. The third-order valence-corrected chi connectivity index (χ3v) is 14.5. The van der Waals surface area contributed by atoms with Gasteiger partial charge in [0.05, 0.1) is 0 Å². The molecule has 11 heteroatoms. The molecule has 4 aromatic rings. The van der Waals surface area contributed by atoms with Crippen LogP contribution in [0, 0.1) is 6.92 Å². The van der Waals surface area contributed by atoms with E-state index in [4.69, 9.17) is 18.2 Å². The van der Waals surface area contributed by atoms with Crippen LogP contribution in [-0.4, -0.2) is 33.0 Å². The van der Waals surface area contributed by atoms with E-state index in [1.54, 1.807) is 91.6 Å². The van der Waals surface area contributed by atoms with E-state index >= 15 is 0 Å². The van der Waals surface area contributed by atoms with Gasteiger partial charge < -0.3 is 0 Å². The molecule has 224 valence electrons. The average molecular weight is 623 g/mol. The van der Waals surface area contributed by atoms with Gasteiger partial charge in [-0.3, -0.25) is 0 Å². The van der Waals surface area contributed by atoms with Gasteiger partial charge in [0.15, 0.2) is 0 Å². The molecular weight excluding hydrogens is 591 g/mol. The summed E-state index contributed by atoms with van der Waals surface area (Å²) in [5.74, 6) is -0.750. The molecule has 0 aliphatic carbocycles. The Morgan fingerprint density at radius 2 is 0.837 bits per heavy atom. The molecule has 0 aliphatic rings. The van der Waals surface area contributed by atoms with Gasteiger partial charge in [0.2, 0.25) is 0 Å². The normalized spacial score (nSPS) is 12.4. The van der Waals surface area contributed by atoms with E-state index in [0.717, 1.165) is 5.56 Å². The summed E-state index contributed by atoms with van der Waals surface area (Å²) in [4.78, 5) is 34.7. The van der Waals surface area contributed by atoms with E-state index in [-0.39, 0.29) is 22.1 Å². The molecule has 4 rings (SSSR count). The van der Waals surface area contributed by atoms with Crippen LogP contribution in [0.5, 0.6) is 17.2 Å². The summed E-state index contributed by atoms with van der Waals surface area (Å²) in [5, 5.41) is 1.45. The first-order valence-electron chi connectivity index (χ1n) is 13.1. The number of benzene rings is 4. The zero-order chi connectivity index (χ0) is 31.4. The second kappa shape index (κ2) is 12.1. The number of hydrogen-bond donors (Lipinski definition) is 0. The van der Waals surface area contributed by atoms with Crippen molar-refractivity contribution in [3.8, 4) is 17.2 Å². The van der Waals surface area contributed by atoms with Gasteiger partial charge in [-0.15, -0.1) is 0 Å². The number of esters is 3. The monoisotopic (exact) mass is 622 g/mol. The third-order valence-electron chi connectivity index (χ3n) is 6.75. The summed E-state index contributed by atoms with van der Waals surface area (Å²) in [6, 6.07) is 25.6. The predicted molar refractivity (Wildman–Crippen MR) is 164 cm³/mol. The topological polar surface area (TPSA) is 122 Å². The molecule has 0 atom stereocenters. The van der Waals surface area contributed by atoms with Crippen LogP contribution in [0.15, 0.2) is 102 Å². The quantitative estimate of drug-likeness (QED) is 0.150. The minimum atomic E-state index is -4.49. The van der Waals surface area contributed by atoms with Crippen molar-refractivity contribution in [2.75, 3.05) is 6.66 Å². The summed E-state index contributed by atoms with van der Waals surface area (Å²) in [6.07, 6.45) is 0. The summed E-state index contributed by atoms with van der Waals surface area (Å²) in [5.41, 5.74) is 0.871. The summed E-state index contributed by atoms with van der Waals surface area (Å²) >= 11 is 0. The molecule has 0 bridgehead atoms. The Labute approximate surface area is 250 Å². The van der Waals surface area contributed by atoms with Gasteiger partial charge in [-0.2, -0.15) is 0 Å². The Morgan fingerprint density at radius 3 is 1.12 bits per heavy atom. The average Bonchev–Trinajstić information content (AvgIpc) is 2.93. The van der Waals surface area contributed by atoms with Gasteiger partial charge in [-0.25, -0.2) is 0 Å².